The topological polar surface area (TPSA) is 71.6 Å². The van der Waals surface area contributed by atoms with Gasteiger partial charge in [0.15, 0.2) is 5.96 Å². The average molecular weight is 344 g/mol. The molecule has 0 unspecified atom stereocenters. The summed E-state index contributed by atoms with van der Waals surface area (Å²) in [5, 5.41) is 0. The number of benzene rings is 1. The summed E-state index contributed by atoms with van der Waals surface area (Å²) >= 11 is 0. The highest BCUT2D eigenvalue weighted by molar-refractivity contribution is 6.30. The van der Waals surface area contributed by atoms with Crippen molar-refractivity contribution in [2.45, 2.75) is 37.1 Å². The van der Waals surface area contributed by atoms with Crippen LogP contribution in [0.5, 0.6) is 0 Å². The smallest absolute Gasteiger partial charge is 0.239 e. The van der Waals surface area contributed by atoms with Gasteiger partial charge >= 0.3 is 0 Å². The maximum Gasteiger partial charge on any atom is 0.239 e. The van der Waals surface area contributed by atoms with Gasteiger partial charge in [0.05, 0.1) is 5.92 Å². The quantitative estimate of drug-likeness (QED) is 0.859. The van der Waals surface area contributed by atoms with Gasteiger partial charge in [-0.15, -0.1) is 0 Å². The largest absolute Gasteiger partial charge is 0.369 e. The lowest BCUT2D eigenvalue weighted by molar-refractivity contribution is -0.130. The SMILES string of the molecule is [B]c1cc([C@@]2(C)N=C(N)N(C)C(=O)[C@@H]2c2ccc(C3CC3)cc2)ccn1. The fourth-order valence-electron chi connectivity index (χ4n) is 3.76. The highest BCUT2D eigenvalue weighted by atomic mass is 16.2. The Balaban J connectivity index is 1.84. The van der Waals surface area contributed by atoms with Crippen LogP contribution in [-0.4, -0.2) is 36.6 Å². The summed E-state index contributed by atoms with van der Waals surface area (Å²) in [4.78, 5) is 23.3. The number of guanidine groups is 1. The van der Waals surface area contributed by atoms with E-state index in [0.717, 1.165) is 11.1 Å². The van der Waals surface area contributed by atoms with E-state index in [2.05, 4.69) is 17.1 Å². The molecule has 1 aliphatic heterocycles. The summed E-state index contributed by atoms with van der Waals surface area (Å²) in [6, 6.07) is 12.0. The molecule has 1 amide bonds. The minimum Gasteiger partial charge on any atom is -0.369 e. The van der Waals surface area contributed by atoms with Crippen molar-refractivity contribution >= 4 is 25.3 Å². The van der Waals surface area contributed by atoms with Crippen molar-refractivity contribution in [3.05, 3.63) is 59.3 Å². The first-order valence-electron chi connectivity index (χ1n) is 8.85. The van der Waals surface area contributed by atoms with Gasteiger partial charge < -0.3 is 5.73 Å². The Kier molecular flexibility index (Phi) is 3.86. The molecule has 2 aliphatic rings. The molecule has 0 bridgehead atoms. The Morgan fingerprint density at radius 2 is 1.85 bits per heavy atom. The van der Waals surface area contributed by atoms with Gasteiger partial charge in [-0.1, -0.05) is 24.3 Å². The van der Waals surface area contributed by atoms with Gasteiger partial charge in [-0.3, -0.25) is 14.7 Å². The number of aliphatic imine (C=N–C) groups is 1. The van der Waals surface area contributed by atoms with Gasteiger partial charge in [0.25, 0.3) is 0 Å². The Bertz CT molecular complexity index is 891. The molecular weight excluding hydrogens is 323 g/mol. The van der Waals surface area contributed by atoms with Crippen molar-refractivity contribution in [1.82, 2.24) is 9.88 Å². The number of carbonyl (C=O) groups excluding carboxylic acids is 1. The monoisotopic (exact) mass is 344 g/mol. The zero-order valence-electron chi connectivity index (χ0n) is 15.0. The summed E-state index contributed by atoms with van der Waals surface area (Å²) in [6.07, 6.45) is 4.14. The van der Waals surface area contributed by atoms with E-state index in [-0.39, 0.29) is 11.9 Å². The molecule has 1 aromatic carbocycles. The number of aromatic nitrogens is 1. The maximum atomic E-state index is 13.2. The lowest BCUT2D eigenvalue weighted by Crippen LogP contribution is -2.52. The maximum absolute atomic E-state index is 13.2. The molecule has 2 heterocycles. The second-order valence-electron chi connectivity index (χ2n) is 7.36. The van der Waals surface area contributed by atoms with Crippen LogP contribution in [0.2, 0.25) is 0 Å². The lowest BCUT2D eigenvalue weighted by Gasteiger charge is -2.41. The van der Waals surface area contributed by atoms with Gasteiger partial charge in [-0.05, 0) is 60.1 Å². The van der Waals surface area contributed by atoms with Crippen LogP contribution in [-0.2, 0) is 10.3 Å². The number of carbonyl (C=O) groups is 1. The van der Waals surface area contributed by atoms with Crippen molar-refractivity contribution in [1.29, 1.82) is 0 Å². The van der Waals surface area contributed by atoms with E-state index in [0.29, 0.717) is 11.5 Å². The third-order valence-electron chi connectivity index (χ3n) is 5.51. The summed E-state index contributed by atoms with van der Waals surface area (Å²) in [7, 11) is 7.54. The molecule has 1 fully saturated rings. The number of hydrogen-bond acceptors (Lipinski definition) is 4. The molecule has 0 spiro atoms. The lowest BCUT2D eigenvalue weighted by atomic mass is 9.74. The summed E-state index contributed by atoms with van der Waals surface area (Å²) in [6.45, 7) is 1.93. The van der Waals surface area contributed by atoms with Crippen molar-refractivity contribution < 1.29 is 4.79 Å². The molecule has 5 nitrogen and oxygen atoms in total. The molecule has 6 heteroatoms. The number of nitrogens with zero attached hydrogens (tertiary/aromatic N) is 3. The van der Waals surface area contributed by atoms with Gasteiger partial charge in [0.1, 0.15) is 13.4 Å². The summed E-state index contributed by atoms with van der Waals surface area (Å²) in [5.41, 5.74) is 8.69. The standard InChI is InChI=1S/C20H21BN4O/c1-20(15-9-10-23-16(21)11-15)17(18(26)25(2)19(22)24-20)14-7-5-13(6-8-14)12-3-4-12/h5-12,17H,3-4H2,1-2H3,(H2,22,24)/t17-,20+/m0/s1. The first-order valence-corrected chi connectivity index (χ1v) is 8.85. The van der Waals surface area contributed by atoms with E-state index in [1.54, 1.807) is 19.3 Å². The Labute approximate surface area is 154 Å². The average Bonchev–Trinajstić information content (AvgIpc) is 3.46. The third kappa shape index (κ3) is 2.70. The predicted molar refractivity (Wildman–Crippen MR) is 103 cm³/mol. The molecule has 1 saturated carbocycles. The molecule has 130 valence electrons. The van der Waals surface area contributed by atoms with Crippen LogP contribution in [0.15, 0.2) is 47.6 Å². The number of pyridine rings is 1. The zero-order chi connectivity index (χ0) is 18.5. The zero-order valence-corrected chi connectivity index (χ0v) is 15.0. The van der Waals surface area contributed by atoms with Crippen molar-refractivity contribution in [3.63, 3.8) is 0 Å². The Morgan fingerprint density at radius 1 is 1.19 bits per heavy atom. The Morgan fingerprint density at radius 3 is 2.46 bits per heavy atom. The highest BCUT2D eigenvalue weighted by Gasteiger charge is 2.47. The van der Waals surface area contributed by atoms with E-state index in [4.69, 9.17) is 18.6 Å². The van der Waals surface area contributed by atoms with Crippen LogP contribution in [0.4, 0.5) is 0 Å². The number of hydrogen-bond donors (Lipinski definition) is 1. The summed E-state index contributed by atoms with van der Waals surface area (Å²) in [5.74, 6) is 0.331. The van der Waals surface area contributed by atoms with E-state index in [1.807, 2.05) is 25.1 Å². The van der Waals surface area contributed by atoms with E-state index in [1.165, 1.54) is 23.3 Å². The second kappa shape index (κ2) is 5.97. The molecule has 4 rings (SSSR count). The van der Waals surface area contributed by atoms with Crippen molar-refractivity contribution in [3.8, 4) is 0 Å². The first kappa shape index (κ1) is 16.8. The van der Waals surface area contributed by atoms with E-state index >= 15 is 0 Å². The minimum atomic E-state index is -0.841. The molecule has 0 saturated heterocycles. The molecule has 1 aliphatic carbocycles. The number of nitrogens with two attached hydrogens (primary N) is 1. The second-order valence-corrected chi connectivity index (χ2v) is 7.36. The van der Waals surface area contributed by atoms with E-state index < -0.39 is 11.5 Å². The Hall–Kier alpha value is -2.63. The molecule has 2 atom stereocenters. The normalized spacial score (nSPS) is 25.9. The van der Waals surface area contributed by atoms with Crippen molar-refractivity contribution in [2.24, 2.45) is 10.7 Å². The fraction of sp³-hybridized carbons (Fsp3) is 0.350. The molecule has 26 heavy (non-hydrogen) atoms. The van der Waals surface area contributed by atoms with Crippen LogP contribution in [0.1, 0.15) is 48.3 Å². The molecule has 2 radical (unpaired) electrons. The minimum absolute atomic E-state index is 0.0745. The third-order valence-corrected chi connectivity index (χ3v) is 5.51. The summed E-state index contributed by atoms with van der Waals surface area (Å²) < 4.78 is 0. The fourth-order valence-corrected chi connectivity index (χ4v) is 3.76. The van der Waals surface area contributed by atoms with Crippen LogP contribution in [0.3, 0.4) is 0 Å². The van der Waals surface area contributed by atoms with Crippen molar-refractivity contribution in [2.75, 3.05) is 7.05 Å². The highest BCUT2D eigenvalue weighted by Crippen LogP contribution is 2.45. The van der Waals surface area contributed by atoms with Crippen LogP contribution in [0.25, 0.3) is 0 Å². The van der Waals surface area contributed by atoms with Gasteiger partial charge in [0, 0.05) is 13.2 Å². The van der Waals surface area contributed by atoms with Gasteiger partial charge in [-0.25, -0.2) is 4.99 Å². The number of likely N-dealkylation sites (N-methyl/N-ethyl adjacent to an activating group) is 1. The molecule has 2 N–H and O–H groups in total. The van der Waals surface area contributed by atoms with Crippen LogP contribution >= 0.6 is 0 Å². The predicted octanol–water partition coefficient (Wildman–Crippen LogP) is 1.54. The van der Waals surface area contributed by atoms with Crippen LogP contribution in [0, 0.1) is 0 Å². The molecule has 2 aromatic rings. The first-order chi connectivity index (χ1) is 12.4. The molecule has 1 aromatic heterocycles. The number of amides is 1. The van der Waals surface area contributed by atoms with Gasteiger partial charge in [-0.2, -0.15) is 0 Å². The number of rotatable bonds is 3. The van der Waals surface area contributed by atoms with Gasteiger partial charge in [0.2, 0.25) is 5.91 Å². The van der Waals surface area contributed by atoms with Crippen LogP contribution < -0.4 is 11.3 Å². The van der Waals surface area contributed by atoms with E-state index in [9.17, 15) is 4.79 Å². The molecular formula is C20H21BN4O.